The van der Waals surface area contributed by atoms with E-state index in [4.69, 9.17) is 4.74 Å². The van der Waals surface area contributed by atoms with Gasteiger partial charge in [-0.1, -0.05) is 19.8 Å². The molecule has 0 aliphatic carbocycles. The van der Waals surface area contributed by atoms with Gasteiger partial charge in [0.05, 0.1) is 7.11 Å². The van der Waals surface area contributed by atoms with Gasteiger partial charge in [-0.2, -0.15) is 0 Å². The van der Waals surface area contributed by atoms with Crippen molar-refractivity contribution in [3.05, 3.63) is 0 Å². The molecule has 1 rings (SSSR count). The minimum absolute atomic E-state index is 0.0666. The van der Waals surface area contributed by atoms with Gasteiger partial charge in [0.1, 0.15) is 6.04 Å². The van der Waals surface area contributed by atoms with Crippen LogP contribution in [0.2, 0.25) is 0 Å². The van der Waals surface area contributed by atoms with Gasteiger partial charge in [0.15, 0.2) is 0 Å². The van der Waals surface area contributed by atoms with Crippen molar-refractivity contribution in [2.75, 3.05) is 27.2 Å². The summed E-state index contributed by atoms with van der Waals surface area (Å²) in [5.41, 5.74) is 0. The number of carbonyl (C=O) groups excluding carboxylic acids is 1. The number of rotatable bonds is 6. The van der Waals surface area contributed by atoms with Crippen LogP contribution in [0.5, 0.6) is 0 Å². The highest BCUT2D eigenvalue weighted by Crippen LogP contribution is 2.17. The summed E-state index contributed by atoms with van der Waals surface area (Å²) in [6.45, 7) is 4.26. The van der Waals surface area contributed by atoms with Crippen molar-refractivity contribution in [3.63, 3.8) is 0 Å². The number of methoxy groups -OCH3 is 1. The Balaban J connectivity index is 2.56. The van der Waals surface area contributed by atoms with Crippen LogP contribution < -0.4 is 5.32 Å². The van der Waals surface area contributed by atoms with E-state index in [1.54, 1.807) is 0 Å². The molecule has 1 saturated heterocycles. The zero-order valence-electron chi connectivity index (χ0n) is 11.4. The van der Waals surface area contributed by atoms with Gasteiger partial charge in [-0.3, -0.25) is 9.69 Å². The van der Waals surface area contributed by atoms with Crippen LogP contribution in [0.25, 0.3) is 0 Å². The number of ether oxygens (including phenoxy) is 1. The van der Waals surface area contributed by atoms with Crippen molar-refractivity contribution >= 4 is 5.97 Å². The lowest BCUT2D eigenvalue weighted by molar-refractivity contribution is -0.148. The van der Waals surface area contributed by atoms with E-state index in [-0.39, 0.29) is 12.0 Å². The van der Waals surface area contributed by atoms with Crippen molar-refractivity contribution in [1.29, 1.82) is 0 Å². The van der Waals surface area contributed by atoms with Crippen molar-refractivity contribution in [2.45, 2.75) is 51.1 Å². The number of hydrogen-bond donors (Lipinski definition) is 1. The zero-order chi connectivity index (χ0) is 12.7. The van der Waals surface area contributed by atoms with Crippen molar-refractivity contribution in [1.82, 2.24) is 10.2 Å². The van der Waals surface area contributed by atoms with E-state index in [1.165, 1.54) is 7.11 Å². The highest BCUT2D eigenvalue weighted by molar-refractivity contribution is 5.75. The van der Waals surface area contributed by atoms with Crippen LogP contribution in [0, 0.1) is 0 Å². The molecule has 0 aromatic carbocycles. The quantitative estimate of drug-likeness (QED) is 0.715. The van der Waals surface area contributed by atoms with Crippen LogP contribution in [0.4, 0.5) is 0 Å². The highest BCUT2D eigenvalue weighted by Gasteiger charge is 2.29. The Morgan fingerprint density at radius 3 is 2.65 bits per heavy atom. The minimum Gasteiger partial charge on any atom is -0.468 e. The SMILES string of the molecule is CCCCC(C(=O)OC)N(C)C1CCNCC1. The Morgan fingerprint density at radius 1 is 1.47 bits per heavy atom. The standard InChI is InChI=1S/C13H26N2O2/c1-4-5-6-12(13(16)17-3)15(2)11-7-9-14-10-8-11/h11-12,14H,4-10H2,1-3H3. The van der Waals surface area contributed by atoms with E-state index in [0.717, 1.165) is 45.2 Å². The average Bonchev–Trinajstić information content (AvgIpc) is 2.39. The molecule has 0 spiro atoms. The Hall–Kier alpha value is -0.610. The molecule has 1 aliphatic rings. The zero-order valence-corrected chi connectivity index (χ0v) is 11.4. The fourth-order valence-electron chi connectivity index (χ4n) is 2.49. The fraction of sp³-hybridized carbons (Fsp3) is 0.923. The molecule has 0 radical (unpaired) electrons. The molecule has 1 aliphatic heterocycles. The first kappa shape index (κ1) is 14.5. The van der Waals surface area contributed by atoms with Crippen LogP contribution in [0.1, 0.15) is 39.0 Å². The second-order valence-corrected chi connectivity index (χ2v) is 4.83. The van der Waals surface area contributed by atoms with Gasteiger partial charge < -0.3 is 10.1 Å². The Morgan fingerprint density at radius 2 is 2.12 bits per heavy atom. The van der Waals surface area contributed by atoms with E-state index in [1.807, 2.05) is 0 Å². The third-order valence-electron chi connectivity index (χ3n) is 3.68. The van der Waals surface area contributed by atoms with Gasteiger partial charge in [-0.25, -0.2) is 0 Å². The molecular weight excluding hydrogens is 216 g/mol. The normalized spacial score (nSPS) is 19.3. The van der Waals surface area contributed by atoms with Gasteiger partial charge in [0, 0.05) is 6.04 Å². The minimum atomic E-state index is -0.0838. The van der Waals surface area contributed by atoms with Crippen LogP contribution in [0.3, 0.4) is 0 Å². The second kappa shape index (κ2) is 7.67. The van der Waals surface area contributed by atoms with Gasteiger partial charge in [-0.15, -0.1) is 0 Å². The van der Waals surface area contributed by atoms with E-state index in [2.05, 4.69) is 24.2 Å². The largest absolute Gasteiger partial charge is 0.468 e. The molecule has 17 heavy (non-hydrogen) atoms. The second-order valence-electron chi connectivity index (χ2n) is 4.83. The Kier molecular flexibility index (Phi) is 6.52. The molecule has 0 aromatic rings. The topological polar surface area (TPSA) is 41.6 Å². The molecule has 1 atom stereocenters. The van der Waals surface area contributed by atoms with Crippen molar-refractivity contribution in [2.24, 2.45) is 0 Å². The number of nitrogens with zero attached hydrogens (tertiary/aromatic N) is 1. The summed E-state index contributed by atoms with van der Waals surface area (Å²) in [5.74, 6) is -0.0838. The molecule has 0 aromatic heterocycles. The number of unbranched alkanes of at least 4 members (excludes halogenated alkanes) is 1. The molecule has 0 amide bonds. The lowest BCUT2D eigenvalue weighted by Gasteiger charge is -2.36. The first-order chi connectivity index (χ1) is 8.20. The van der Waals surface area contributed by atoms with E-state index < -0.39 is 0 Å². The van der Waals surface area contributed by atoms with Crippen LogP contribution in [-0.2, 0) is 9.53 Å². The molecule has 0 saturated carbocycles. The van der Waals surface area contributed by atoms with E-state index in [9.17, 15) is 4.79 Å². The summed E-state index contributed by atoms with van der Waals surface area (Å²) < 4.78 is 4.93. The number of esters is 1. The van der Waals surface area contributed by atoms with Gasteiger partial charge in [0.25, 0.3) is 0 Å². The fourth-order valence-corrected chi connectivity index (χ4v) is 2.49. The predicted molar refractivity (Wildman–Crippen MR) is 69.0 cm³/mol. The number of likely N-dealkylation sites (N-methyl/N-ethyl adjacent to an activating group) is 1. The average molecular weight is 242 g/mol. The maximum atomic E-state index is 11.8. The van der Waals surface area contributed by atoms with Crippen molar-refractivity contribution in [3.8, 4) is 0 Å². The van der Waals surface area contributed by atoms with Gasteiger partial charge >= 0.3 is 5.97 Å². The summed E-state index contributed by atoms with van der Waals surface area (Å²) in [5, 5.41) is 3.35. The van der Waals surface area contributed by atoms with E-state index >= 15 is 0 Å². The monoisotopic (exact) mass is 242 g/mol. The predicted octanol–water partition coefficient (Wildman–Crippen LogP) is 1.40. The van der Waals surface area contributed by atoms with Gasteiger partial charge in [-0.05, 0) is 39.4 Å². The highest BCUT2D eigenvalue weighted by atomic mass is 16.5. The first-order valence-corrected chi connectivity index (χ1v) is 6.71. The lowest BCUT2D eigenvalue weighted by Crippen LogP contribution is -2.49. The Bertz CT molecular complexity index is 227. The molecular formula is C13H26N2O2. The third-order valence-corrected chi connectivity index (χ3v) is 3.68. The Labute approximate surface area is 105 Å². The molecule has 1 N–H and O–H groups in total. The summed E-state index contributed by atoms with van der Waals surface area (Å²) in [6.07, 6.45) is 5.35. The van der Waals surface area contributed by atoms with Gasteiger partial charge in [0.2, 0.25) is 0 Å². The summed E-state index contributed by atoms with van der Waals surface area (Å²) in [6, 6.07) is 0.445. The molecule has 100 valence electrons. The van der Waals surface area contributed by atoms with E-state index in [0.29, 0.717) is 6.04 Å². The first-order valence-electron chi connectivity index (χ1n) is 6.71. The van der Waals surface area contributed by atoms with Crippen LogP contribution in [0.15, 0.2) is 0 Å². The third kappa shape index (κ3) is 4.28. The summed E-state index contributed by atoms with van der Waals surface area (Å²) >= 11 is 0. The smallest absolute Gasteiger partial charge is 0.323 e. The number of carbonyl (C=O) groups is 1. The maximum absolute atomic E-state index is 11.8. The summed E-state index contributed by atoms with van der Waals surface area (Å²) in [7, 11) is 3.55. The molecule has 0 bridgehead atoms. The number of piperidine rings is 1. The maximum Gasteiger partial charge on any atom is 0.323 e. The molecule has 4 nitrogen and oxygen atoms in total. The lowest BCUT2D eigenvalue weighted by atomic mass is 10.0. The molecule has 1 heterocycles. The molecule has 4 heteroatoms. The number of nitrogens with one attached hydrogen (secondary N) is 1. The van der Waals surface area contributed by atoms with Crippen LogP contribution in [-0.4, -0.2) is 50.2 Å². The molecule has 1 unspecified atom stereocenters. The number of hydrogen-bond acceptors (Lipinski definition) is 4. The summed E-state index contributed by atoms with van der Waals surface area (Å²) in [4.78, 5) is 14.0. The molecule has 1 fully saturated rings. The van der Waals surface area contributed by atoms with Crippen LogP contribution >= 0.6 is 0 Å². The van der Waals surface area contributed by atoms with Crippen molar-refractivity contribution < 1.29 is 9.53 Å².